The largest absolute Gasteiger partial charge is 0.496 e. The van der Waals surface area contributed by atoms with Gasteiger partial charge in [0.05, 0.1) is 11.6 Å². The number of hydrogen-bond acceptors (Lipinski definition) is 2. The molecule has 0 saturated heterocycles. The second kappa shape index (κ2) is 5.64. The zero-order valence-electron chi connectivity index (χ0n) is 12.0. The first-order valence-electron chi connectivity index (χ1n) is 7.40. The standard InChI is InChI=1S/C16H21BrFNO/c1-3-19-16(11-5-9-4-10(9)6-11)12-7-13(17)14(18)8-15(12)20-2/h7-11,16,19H,3-6H2,1-2H3. The molecule has 4 heteroatoms. The van der Waals surface area contributed by atoms with Crippen molar-refractivity contribution in [3.05, 3.63) is 28.0 Å². The molecule has 0 aliphatic heterocycles. The van der Waals surface area contributed by atoms with Crippen LogP contribution in [0.4, 0.5) is 4.39 Å². The van der Waals surface area contributed by atoms with Gasteiger partial charge in [0.25, 0.3) is 0 Å². The lowest BCUT2D eigenvalue weighted by Crippen LogP contribution is -2.28. The van der Waals surface area contributed by atoms with Crippen LogP contribution >= 0.6 is 15.9 Å². The van der Waals surface area contributed by atoms with E-state index in [-0.39, 0.29) is 11.9 Å². The van der Waals surface area contributed by atoms with Crippen molar-refractivity contribution >= 4 is 15.9 Å². The van der Waals surface area contributed by atoms with Gasteiger partial charge in [0.15, 0.2) is 0 Å². The zero-order chi connectivity index (χ0) is 14.3. The summed E-state index contributed by atoms with van der Waals surface area (Å²) in [6.07, 6.45) is 4.00. The smallest absolute Gasteiger partial charge is 0.141 e. The maximum atomic E-state index is 13.7. The van der Waals surface area contributed by atoms with E-state index >= 15 is 0 Å². The number of benzene rings is 1. The Morgan fingerprint density at radius 2 is 2.05 bits per heavy atom. The number of methoxy groups -OCH3 is 1. The van der Waals surface area contributed by atoms with E-state index in [1.807, 2.05) is 6.07 Å². The molecule has 1 aromatic carbocycles. The third-order valence-electron chi connectivity index (χ3n) is 4.78. The minimum absolute atomic E-state index is 0.264. The molecule has 2 saturated carbocycles. The molecule has 0 radical (unpaired) electrons. The van der Waals surface area contributed by atoms with Gasteiger partial charge >= 0.3 is 0 Å². The van der Waals surface area contributed by atoms with Crippen LogP contribution in [0, 0.1) is 23.6 Å². The molecule has 1 aromatic rings. The molecule has 2 fully saturated rings. The molecule has 0 spiro atoms. The molecule has 3 rings (SSSR count). The Morgan fingerprint density at radius 3 is 2.65 bits per heavy atom. The van der Waals surface area contributed by atoms with Gasteiger partial charge in [0, 0.05) is 17.7 Å². The number of halogens is 2. The van der Waals surface area contributed by atoms with Crippen LogP contribution in [0.1, 0.15) is 37.8 Å². The minimum atomic E-state index is -0.268. The van der Waals surface area contributed by atoms with Gasteiger partial charge in [0.1, 0.15) is 11.6 Å². The van der Waals surface area contributed by atoms with Crippen molar-refractivity contribution < 1.29 is 9.13 Å². The maximum absolute atomic E-state index is 13.7. The van der Waals surface area contributed by atoms with Gasteiger partial charge in [-0.05, 0) is 65.6 Å². The van der Waals surface area contributed by atoms with E-state index in [9.17, 15) is 4.39 Å². The highest BCUT2D eigenvalue weighted by atomic mass is 79.9. The van der Waals surface area contributed by atoms with Crippen LogP contribution in [0.25, 0.3) is 0 Å². The molecule has 0 bridgehead atoms. The van der Waals surface area contributed by atoms with Gasteiger partial charge in [0.2, 0.25) is 0 Å². The van der Waals surface area contributed by atoms with Crippen molar-refractivity contribution in [1.82, 2.24) is 5.32 Å². The Hall–Kier alpha value is -0.610. The molecule has 2 aliphatic carbocycles. The third-order valence-corrected chi connectivity index (χ3v) is 5.39. The van der Waals surface area contributed by atoms with Gasteiger partial charge in [-0.2, -0.15) is 0 Å². The van der Waals surface area contributed by atoms with Crippen molar-refractivity contribution in [1.29, 1.82) is 0 Å². The summed E-state index contributed by atoms with van der Waals surface area (Å²) in [7, 11) is 1.61. The van der Waals surface area contributed by atoms with Crippen molar-refractivity contribution in [2.24, 2.45) is 17.8 Å². The van der Waals surface area contributed by atoms with Crippen molar-refractivity contribution in [3.8, 4) is 5.75 Å². The zero-order valence-corrected chi connectivity index (χ0v) is 13.5. The molecular weight excluding hydrogens is 321 g/mol. The number of hydrogen-bond donors (Lipinski definition) is 1. The average molecular weight is 342 g/mol. The number of ether oxygens (including phenoxy) is 1. The van der Waals surface area contributed by atoms with Crippen molar-refractivity contribution in [2.45, 2.75) is 32.2 Å². The molecule has 3 atom stereocenters. The summed E-state index contributed by atoms with van der Waals surface area (Å²) in [4.78, 5) is 0. The second-order valence-corrected chi connectivity index (χ2v) is 6.89. The van der Waals surface area contributed by atoms with E-state index in [1.54, 1.807) is 7.11 Å². The molecule has 20 heavy (non-hydrogen) atoms. The fourth-order valence-corrected chi connectivity index (χ4v) is 4.11. The second-order valence-electron chi connectivity index (χ2n) is 6.03. The van der Waals surface area contributed by atoms with Gasteiger partial charge in [-0.15, -0.1) is 0 Å². The van der Waals surface area contributed by atoms with E-state index < -0.39 is 0 Å². The first-order valence-corrected chi connectivity index (χ1v) is 8.19. The summed E-state index contributed by atoms with van der Waals surface area (Å²) in [5.74, 6) is 2.91. The molecule has 110 valence electrons. The minimum Gasteiger partial charge on any atom is -0.496 e. The lowest BCUT2D eigenvalue weighted by atomic mass is 9.88. The van der Waals surface area contributed by atoms with E-state index in [2.05, 4.69) is 28.2 Å². The summed E-state index contributed by atoms with van der Waals surface area (Å²) >= 11 is 3.30. The van der Waals surface area contributed by atoms with E-state index in [0.29, 0.717) is 16.1 Å². The highest BCUT2D eigenvalue weighted by Gasteiger charge is 2.48. The molecule has 0 heterocycles. The molecule has 2 nitrogen and oxygen atoms in total. The molecule has 1 N–H and O–H groups in total. The average Bonchev–Trinajstić information content (AvgIpc) is 3.05. The van der Waals surface area contributed by atoms with Gasteiger partial charge in [-0.25, -0.2) is 4.39 Å². The Balaban J connectivity index is 1.91. The van der Waals surface area contributed by atoms with Crippen molar-refractivity contribution in [2.75, 3.05) is 13.7 Å². The third kappa shape index (κ3) is 2.60. The lowest BCUT2D eigenvalue weighted by molar-refractivity contribution is 0.329. The molecule has 0 amide bonds. The van der Waals surface area contributed by atoms with Crippen LogP contribution in [0.5, 0.6) is 5.75 Å². The number of nitrogens with one attached hydrogen (secondary N) is 1. The van der Waals surface area contributed by atoms with Gasteiger partial charge < -0.3 is 10.1 Å². The quantitative estimate of drug-likeness (QED) is 0.862. The van der Waals surface area contributed by atoms with Crippen LogP contribution in [0.15, 0.2) is 16.6 Å². The van der Waals surface area contributed by atoms with Gasteiger partial charge in [-0.1, -0.05) is 6.92 Å². The first-order chi connectivity index (χ1) is 9.63. The summed E-state index contributed by atoms with van der Waals surface area (Å²) in [5.41, 5.74) is 1.08. The van der Waals surface area contributed by atoms with Crippen LogP contribution in [-0.2, 0) is 0 Å². The molecule has 3 unspecified atom stereocenters. The van der Waals surface area contributed by atoms with E-state index in [1.165, 1.54) is 25.3 Å². The maximum Gasteiger partial charge on any atom is 0.141 e. The summed E-state index contributed by atoms with van der Waals surface area (Å²) < 4.78 is 19.6. The first kappa shape index (κ1) is 14.3. The van der Waals surface area contributed by atoms with Crippen LogP contribution in [0.2, 0.25) is 0 Å². The van der Waals surface area contributed by atoms with Crippen molar-refractivity contribution in [3.63, 3.8) is 0 Å². The Morgan fingerprint density at radius 1 is 1.35 bits per heavy atom. The summed E-state index contributed by atoms with van der Waals surface area (Å²) in [6, 6.07) is 3.63. The summed E-state index contributed by atoms with van der Waals surface area (Å²) in [5, 5.41) is 3.58. The normalized spacial score (nSPS) is 29.1. The predicted octanol–water partition coefficient (Wildman–Crippen LogP) is 4.29. The molecule has 0 aromatic heterocycles. The van der Waals surface area contributed by atoms with Crippen LogP contribution < -0.4 is 10.1 Å². The Kier molecular flexibility index (Phi) is 4.04. The highest BCUT2D eigenvalue weighted by Crippen LogP contribution is 2.57. The SMILES string of the molecule is CCNC(c1cc(Br)c(F)cc1OC)C1CC2CC2C1. The Labute approximate surface area is 128 Å². The van der Waals surface area contributed by atoms with Gasteiger partial charge in [-0.3, -0.25) is 0 Å². The highest BCUT2D eigenvalue weighted by molar-refractivity contribution is 9.10. The predicted molar refractivity (Wildman–Crippen MR) is 81.4 cm³/mol. The topological polar surface area (TPSA) is 21.3 Å². The van der Waals surface area contributed by atoms with E-state index in [0.717, 1.165) is 23.9 Å². The Bertz CT molecular complexity index is 497. The molecule has 2 aliphatic rings. The molecular formula is C16H21BrFNO. The monoisotopic (exact) mass is 341 g/mol. The number of fused-ring (bicyclic) bond motifs is 1. The summed E-state index contributed by atoms with van der Waals surface area (Å²) in [6.45, 7) is 3.03. The fourth-order valence-electron chi connectivity index (χ4n) is 3.75. The van der Waals surface area contributed by atoms with Crippen LogP contribution in [0.3, 0.4) is 0 Å². The fraction of sp³-hybridized carbons (Fsp3) is 0.625. The van der Waals surface area contributed by atoms with Crippen LogP contribution in [-0.4, -0.2) is 13.7 Å². The number of rotatable bonds is 5. The van der Waals surface area contributed by atoms with E-state index in [4.69, 9.17) is 4.74 Å². The lowest BCUT2D eigenvalue weighted by Gasteiger charge is -2.27.